The summed E-state index contributed by atoms with van der Waals surface area (Å²) >= 11 is 0. The van der Waals surface area contributed by atoms with Gasteiger partial charge in [0, 0.05) is 0 Å². The molecule has 1 aromatic carbocycles. The summed E-state index contributed by atoms with van der Waals surface area (Å²) in [5.74, 6) is 0.546. The second kappa shape index (κ2) is 5.54. The standard InChI is InChI=1S/C13H19NO/c1-5-15-14-11(4)13-8-6-7-12(9-13)10(2)3/h6-10H,5H2,1-4H3. The van der Waals surface area contributed by atoms with E-state index < -0.39 is 0 Å². The van der Waals surface area contributed by atoms with E-state index in [2.05, 4.69) is 43.3 Å². The van der Waals surface area contributed by atoms with E-state index in [4.69, 9.17) is 4.84 Å². The van der Waals surface area contributed by atoms with E-state index in [0.717, 1.165) is 11.3 Å². The summed E-state index contributed by atoms with van der Waals surface area (Å²) in [7, 11) is 0. The molecule has 0 aliphatic heterocycles. The molecule has 0 fully saturated rings. The number of rotatable bonds is 4. The maximum Gasteiger partial charge on any atom is 0.114 e. The molecular weight excluding hydrogens is 186 g/mol. The summed E-state index contributed by atoms with van der Waals surface area (Å²) in [6.07, 6.45) is 0. The van der Waals surface area contributed by atoms with Crippen molar-refractivity contribution < 1.29 is 4.84 Å². The smallest absolute Gasteiger partial charge is 0.114 e. The topological polar surface area (TPSA) is 21.6 Å². The number of oxime groups is 1. The number of nitrogens with zero attached hydrogens (tertiary/aromatic N) is 1. The molecule has 1 rings (SSSR count). The van der Waals surface area contributed by atoms with Crippen molar-refractivity contribution in [3.63, 3.8) is 0 Å². The SMILES string of the molecule is CCON=C(C)c1cccc(C(C)C)c1. The molecule has 0 aliphatic rings. The normalized spacial score (nSPS) is 11.9. The Hall–Kier alpha value is -1.31. The molecule has 0 saturated carbocycles. The Morgan fingerprint density at radius 2 is 2.13 bits per heavy atom. The van der Waals surface area contributed by atoms with E-state index in [9.17, 15) is 0 Å². The monoisotopic (exact) mass is 205 g/mol. The Morgan fingerprint density at radius 1 is 1.40 bits per heavy atom. The molecule has 0 bridgehead atoms. The van der Waals surface area contributed by atoms with Crippen LogP contribution < -0.4 is 0 Å². The first-order valence-corrected chi connectivity index (χ1v) is 5.42. The summed E-state index contributed by atoms with van der Waals surface area (Å²) < 4.78 is 0. The van der Waals surface area contributed by atoms with Crippen LogP contribution in [-0.4, -0.2) is 12.3 Å². The van der Waals surface area contributed by atoms with Gasteiger partial charge in [-0.05, 0) is 37.0 Å². The summed E-state index contributed by atoms with van der Waals surface area (Å²) in [5, 5.41) is 4.03. The van der Waals surface area contributed by atoms with Gasteiger partial charge in [0.05, 0.1) is 5.71 Å². The lowest BCUT2D eigenvalue weighted by Crippen LogP contribution is -1.98. The molecule has 2 heteroatoms. The summed E-state index contributed by atoms with van der Waals surface area (Å²) in [5.41, 5.74) is 3.40. The predicted octanol–water partition coefficient (Wildman–Crippen LogP) is 3.57. The van der Waals surface area contributed by atoms with Gasteiger partial charge in [0.15, 0.2) is 0 Å². The molecule has 1 aromatic rings. The molecule has 0 amide bonds. The van der Waals surface area contributed by atoms with Crippen LogP contribution in [0.3, 0.4) is 0 Å². The zero-order valence-electron chi connectivity index (χ0n) is 9.95. The summed E-state index contributed by atoms with van der Waals surface area (Å²) in [6.45, 7) is 8.89. The average molecular weight is 205 g/mol. The van der Waals surface area contributed by atoms with Crippen molar-refractivity contribution in [1.29, 1.82) is 0 Å². The number of hydrogen-bond acceptors (Lipinski definition) is 2. The quantitative estimate of drug-likeness (QED) is 0.544. The Morgan fingerprint density at radius 3 is 2.73 bits per heavy atom. The predicted molar refractivity (Wildman–Crippen MR) is 64.4 cm³/mol. The fraction of sp³-hybridized carbons (Fsp3) is 0.462. The first kappa shape index (κ1) is 11.8. The number of benzene rings is 1. The number of hydrogen-bond donors (Lipinski definition) is 0. The van der Waals surface area contributed by atoms with Crippen molar-refractivity contribution in [3.05, 3.63) is 35.4 Å². The Balaban J connectivity index is 2.90. The van der Waals surface area contributed by atoms with Gasteiger partial charge in [-0.1, -0.05) is 37.2 Å². The van der Waals surface area contributed by atoms with Gasteiger partial charge in [-0.3, -0.25) is 0 Å². The van der Waals surface area contributed by atoms with Gasteiger partial charge in [0.25, 0.3) is 0 Å². The van der Waals surface area contributed by atoms with Crippen LogP contribution >= 0.6 is 0 Å². The van der Waals surface area contributed by atoms with Gasteiger partial charge in [-0.15, -0.1) is 0 Å². The van der Waals surface area contributed by atoms with Crippen LogP contribution in [0, 0.1) is 0 Å². The van der Waals surface area contributed by atoms with Crippen molar-refractivity contribution in [2.24, 2.45) is 5.16 Å². The van der Waals surface area contributed by atoms with Crippen LogP contribution in [0.15, 0.2) is 29.4 Å². The van der Waals surface area contributed by atoms with Crippen molar-refractivity contribution in [2.45, 2.75) is 33.6 Å². The highest BCUT2D eigenvalue weighted by Crippen LogP contribution is 2.16. The zero-order chi connectivity index (χ0) is 11.3. The Kier molecular flexibility index (Phi) is 4.35. The molecule has 0 saturated heterocycles. The molecule has 82 valence electrons. The molecule has 15 heavy (non-hydrogen) atoms. The molecule has 0 spiro atoms. The van der Waals surface area contributed by atoms with Crippen LogP contribution in [0.25, 0.3) is 0 Å². The minimum atomic E-state index is 0.546. The maximum absolute atomic E-state index is 5.04. The van der Waals surface area contributed by atoms with Crippen LogP contribution in [0.4, 0.5) is 0 Å². The van der Waals surface area contributed by atoms with E-state index in [0.29, 0.717) is 12.5 Å². The van der Waals surface area contributed by atoms with Gasteiger partial charge in [-0.25, -0.2) is 0 Å². The molecule has 0 radical (unpaired) electrons. The molecule has 0 heterocycles. The third-order valence-electron chi connectivity index (χ3n) is 2.30. The van der Waals surface area contributed by atoms with E-state index in [1.165, 1.54) is 5.56 Å². The molecule has 0 N–H and O–H groups in total. The largest absolute Gasteiger partial charge is 0.396 e. The molecule has 0 unspecified atom stereocenters. The minimum absolute atomic E-state index is 0.546. The Bertz CT molecular complexity index is 342. The second-order valence-electron chi connectivity index (χ2n) is 3.87. The van der Waals surface area contributed by atoms with E-state index in [1.54, 1.807) is 0 Å². The molecule has 0 atom stereocenters. The summed E-state index contributed by atoms with van der Waals surface area (Å²) in [6, 6.07) is 8.43. The van der Waals surface area contributed by atoms with Crippen LogP contribution in [0.2, 0.25) is 0 Å². The van der Waals surface area contributed by atoms with E-state index >= 15 is 0 Å². The summed E-state index contributed by atoms with van der Waals surface area (Å²) in [4.78, 5) is 5.04. The third-order valence-corrected chi connectivity index (χ3v) is 2.30. The van der Waals surface area contributed by atoms with Crippen molar-refractivity contribution in [2.75, 3.05) is 6.61 Å². The third kappa shape index (κ3) is 3.39. The fourth-order valence-electron chi connectivity index (χ4n) is 1.34. The minimum Gasteiger partial charge on any atom is -0.396 e. The zero-order valence-corrected chi connectivity index (χ0v) is 9.95. The van der Waals surface area contributed by atoms with E-state index in [1.807, 2.05) is 13.8 Å². The first-order chi connectivity index (χ1) is 7.15. The van der Waals surface area contributed by atoms with E-state index in [-0.39, 0.29) is 0 Å². The van der Waals surface area contributed by atoms with Crippen molar-refractivity contribution in [1.82, 2.24) is 0 Å². The fourth-order valence-corrected chi connectivity index (χ4v) is 1.34. The van der Waals surface area contributed by atoms with Gasteiger partial charge in [0.2, 0.25) is 0 Å². The highest BCUT2D eigenvalue weighted by atomic mass is 16.6. The van der Waals surface area contributed by atoms with Gasteiger partial charge >= 0.3 is 0 Å². The molecule has 0 aliphatic carbocycles. The first-order valence-electron chi connectivity index (χ1n) is 5.42. The van der Waals surface area contributed by atoms with Gasteiger partial charge in [0.1, 0.15) is 6.61 Å². The molecule has 2 nitrogen and oxygen atoms in total. The lowest BCUT2D eigenvalue weighted by molar-refractivity contribution is 0.159. The average Bonchev–Trinajstić information content (AvgIpc) is 2.26. The van der Waals surface area contributed by atoms with Crippen LogP contribution in [-0.2, 0) is 4.84 Å². The van der Waals surface area contributed by atoms with Crippen LogP contribution in [0.1, 0.15) is 44.7 Å². The molecule has 0 aromatic heterocycles. The lowest BCUT2D eigenvalue weighted by Gasteiger charge is -2.07. The van der Waals surface area contributed by atoms with Gasteiger partial charge < -0.3 is 4.84 Å². The highest BCUT2D eigenvalue weighted by molar-refractivity contribution is 5.98. The van der Waals surface area contributed by atoms with Gasteiger partial charge in [-0.2, -0.15) is 0 Å². The lowest BCUT2D eigenvalue weighted by atomic mass is 9.99. The van der Waals surface area contributed by atoms with Crippen LogP contribution in [0.5, 0.6) is 0 Å². The highest BCUT2D eigenvalue weighted by Gasteiger charge is 2.02. The molecular formula is C13H19NO. The van der Waals surface area contributed by atoms with Crippen molar-refractivity contribution >= 4 is 5.71 Å². The maximum atomic E-state index is 5.04. The second-order valence-corrected chi connectivity index (χ2v) is 3.87. The van der Waals surface area contributed by atoms with Crippen molar-refractivity contribution in [3.8, 4) is 0 Å². The Labute approximate surface area is 91.9 Å².